The van der Waals surface area contributed by atoms with Crippen LogP contribution in [0, 0.1) is 0 Å². The van der Waals surface area contributed by atoms with Crippen molar-refractivity contribution in [2.24, 2.45) is 0 Å². The summed E-state index contributed by atoms with van der Waals surface area (Å²) in [6.45, 7) is 0. The highest BCUT2D eigenvalue weighted by Gasteiger charge is 2.34. The molecule has 1 amide bonds. The summed E-state index contributed by atoms with van der Waals surface area (Å²) in [5.41, 5.74) is 2.17. The molecule has 0 spiro atoms. The lowest BCUT2D eigenvalue weighted by Gasteiger charge is -2.20. The Morgan fingerprint density at radius 1 is 1.42 bits per heavy atom. The van der Waals surface area contributed by atoms with Gasteiger partial charge in [0.25, 0.3) is 0 Å². The Bertz CT molecular complexity index is 466. The van der Waals surface area contributed by atoms with Gasteiger partial charge in [0.15, 0.2) is 0 Å². The van der Waals surface area contributed by atoms with E-state index in [1.807, 2.05) is 24.3 Å². The fourth-order valence-corrected chi connectivity index (χ4v) is 3.51. The van der Waals surface area contributed by atoms with Crippen LogP contribution in [-0.2, 0) is 11.2 Å². The minimum Gasteiger partial charge on any atom is -0.390 e. The molecular formula is C13H17ClN2O2S. The second-order valence-corrected chi connectivity index (χ2v) is 5.76. The molecule has 19 heavy (non-hydrogen) atoms. The topological polar surface area (TPSA) is 61.4 Å². The number of carbonyl (C=O) groups is 1. The Morgan fingerprint density at radius 3 is 2.95 bits per heavy atom. The molecule has 1 unspecified atom stereocenters. The summed E-state index contributed by atoms with van der Waals surface area (Å²) < 4.78 is 0. The number of halogens is 1. The lowest BCUT2D eigenvalue weighted by atomic mass is 10.1. The van der Waals surface area contributed by atoms with Gasteiger partial charge in [0, 0.05) is 18.1 Å². The van der Waals surface area contributed by atoms with Crippen LogP contribution in [0.25, 0.3) is 0 Å². The van der Waals surface area contributed by atoms with Gasteiger partial charge in [0.2, 0.25) is 5.91 Å². The maximum atomic E-state index is 12.1. The number of nitrogens with one attached hydrogen (secondary N) is 2. The van der Waals surface area contributed by atoms with Crippen LogP contribution in [0.2, 0.25) is 0 Å². The average Bonchev–Trinajstić information content (AvgIpc) is 2.98. The molecule has 1 aliphatic heterocycles. The van der Waals surface area contributed by atoms with Crippen LogP contribution in [-0.4, -0.2) is 34.8 Å². The van der Waals surface area contributed by atoms with Gasteiger partial charge in [-0.2, -0.15) is 0 Å². The summed E-state index contributed by atoms with van der Waals surface area (Å²) in [5.74, 6) is 1.61. The summed E-state index contributed by atoms with van der Waals surface area (Å²) >= 11 is 1.72. The number of benzene rings is 1. The number of amides is 1. The van der Waals surface area contributed by atoms with Crippen LogP contribution in [0.3, 0.4) is 0 Å². The molecule has 3 rings (SSSR count). The standard InChI is InChI=1S/C13H16N2O2S.ClH/c16-11-5-8-3-1-2-4-9(8)12(11)15-13(17)10-6-18-7-14-10;/h1-4,10-12,14,16H,5-7H2,(H,15,17);1H/t10?,11-,12+;/m1./s1. The molecule has 2 aliphatic rings. The molecule has 3 N–H and O–H groups in total. The van der Waals surface area contributed by atoms with E-state index in [2.05, 4.69) is 10.6 Å². The van der Waals surface area contributed by atoms with Gasteiger partial charge in [-0.05, 0) is 11.1 Å². The smallest absolute Gasteiger partial charge is 0.238 e. The molecule has 1 aliphatic carbocycles. The summed E-state index contributed by atoms with van der Waals surface area (Å²) in [6.07, 6.45) is 0.106. The number of thioether (sulfide) groups is 1. The van der Waals surface area contributed by atoms with Crippen LogP contribution in [0.15, 0.2) is 24.3 Å². The number of rotatable bonds is 2. The Balaban J connectivity index is 0.00000133. The fourth-order valence-electron chi connectivity index (χ4n) is 2.57. The predicted octanol–water partition coefficient (Wildman–Crippen LogP) is 0.845. The Morgan fingerprint density at radius 2 is 2.21 bits per heavy atom. The highest BCUT2D eigenvalue weighted by atomic mass is 35.5. The first-order valence-corrected chi connectivity index (χ1v) is 7.28. The average molecular weight is 301 g/mol. The van der Waals surface area contributed by atoms with Gasteiger partial charge in [0.05, 0.1) is 18.2 Å². The summed E-state index contributed by atoms with van der Waals surface area (Å²) in [6, 6.07) is 7.50. The van der Waals surface area contributed by atoms with Gasteiger partial charge in [-0.25, -0.2) is 0 Å². The van der Waals surface area contributed by atoms with Gasteiger partial charge in [0.1, 0.15) is 0 Å². The van der Waals surface area contributed by atoms with E-state index in [4.69, 9.17) is 0 Å². The van der Waals surface area contributed by atoms with Crippen LogP contribution in [0.4, 0.5) is 0 Å². The van der Waals surface area contributed by atoms with Crippen molar-refractivity contribution in [3.63, 3.8) is 0 Å². The van der Waals surface area contributed by atoms with Gasteiger partial charge in [-0.3, -0.25) is 10.1 Å². The highest BCUT2D eigenvalue weighted by Crippen LogP contribution is 2.31. The maximum Gasteiger partial charge on any atom is 0.238 e. The molecular weight excluding hydrogens is 284 g/mol. The normalized spacial score (nSPS) is 28.6. The molecule has 0 saturated carbocycles. The third-order valence-corrected chi connectivity index (χ3v) is 4.47. The Hall–Kier alpha value is -0.750. The quantitative estimate of drug-likeness (QED) is 0.758. The zero-order valence-corrected chi connectivity index (χ0v) is 12.0. The first-order valence-electron chi connectivity index (χ1n) is 6.13. The summed E-state index contributed by atoms with van der Waals surface area (Å²) in [4.78, 5) is 12.1. The molecule has 3 atom stereocenters. The highest BCUT2D eigenvalue weighted by molar-refractivity contribution is 7.99. The monoisotopic (exact) mass is 300 g/mol. The van der Waals surface area contributed by atoms with E-state index in [-0.39, 0.29) is 30.4 Å². The molecule has 1 aromatic carbocycles. The van der Waals surface area contributed by atoms with Crippen molar-refractivity contribution in [3.8, 4) is 0 Å². The van der Waals surface area contributed by atoms with Crippen molar-refractivity contribution < 1.29 is 9.90 Å². The van der Waals surface area contributed by atoms with E-state index in [0.29, 0.717) is 6.42 Å². The lowest BCUT2D eigenvalue weighted by molar-refractivity contribution is -0.123. The van der Waals surface area contributed by atoms with Gasteiger partial charge >= 0.3 is 0 Å². The zero-order valence-electron chi connectivity index (χ0n) is 10.3. The van der Waals surface area contributed by atoms with E-state index in [1.165, 1.54) is 0 Å². The minimum atomic E-state index is -0.514. The molecule has 1 heterocycles. The summed E-state index contributed by atoms with van der Waals surface area (Å²) in [7, 11) is 0. The first kappa shape index (κ1) is 14.7. The van der Waals surface area contributed by atoms with E-state index in [1.54, 1.807) is 11.8 Å². The predicted molar refractivity (Wildman–Crippen MR) is 78.5 cm³/mol. The Labute approximate surface area is 122 Å². The van der Waals surface area contributed by atoms with E-state index < -0.39 is 6.10 Å². The van der Waals surface area contributed by atoms with E-state index >= 15 is 0 Å². The van der Waals surface area contributed by atoms with Crippen LogP contribution in [0.5, 0.6) is 0 Å². The number of hydrogen-bond acceptors (Lipinski definition) is 4. The number of fused-ring (bicyclic) bond motifs is 1. The second kappa shape index (κ2) is 6.13. The van der Waals surface area contributed by atoms with Crippen molar-refractivity contribution >= 4 is 30.1 Å². The van der Waals surface area contributed by atoms with Gasteiger partial charge in [-0.15, -0.1) is 24.2 Å². The van der Waals surface area contributed by atoms with Crippen molar-refractivity contribution in [1.82, 2.24) is 10.6 Å². The van der Waals surface area contributed by atoms with Crippen molar-refractivity contribution in [1.29, 1.82) is 0 Å². The molecule has 0 aromatic heterocycles. The third kappa shape index (κ3) is 2.89. The number of aliphatic hydroxyl groups excluding tert-OH is 1. The largest absolute Gasteiger partial charge is 0.390 e. The Kier molecular flexibility index (Phi) is 4.73. The number of carbonyl (C=O) groups excluding carboxylic acids is 1. The van der Waals surface area contributed by atoms with Crippen molar-refractivity contribution in [3.05, 3.63) is 35.4 Å². The summed E-state index contributed by atoms with van der Waals surface area (Å²) in [5, 5.41) is 16.2. The second-order valence-electron chi connectivity index (χ2n) is 4.73. The van der Waals surface area contributed by atoms with E-state index in [0.717, 1.165) is 22.8 Å². The van der Waals surface area contributed by atoms with Gasteiger partial charge in [-0.1, -0.05) is 24.3 Å². The molecule has 1 aromatic rings. The number of aliphatic hydroxyl groups is 1. The molecule has 6 heteroatoms. The number of hydrogen-bond donors (Lipinski definition) is 3. The van der Waals surface area contributed by atoms with Crippen molar-refractivity contribution in [2.45, 2.75) is 24.6 Å². The maximum absolute atomic E-state index is 12.1. The SMILES string of the molecule is Cl.O=C(N[C@H]1c2ccccc2C[C@H]1O)C1CSCN1. The molecule has 1 fully saturated rings. The van der Waals surface area contributed by atoms with Gasteiger partial charge < -0.3 is 10.4 Å². The molecule has 0 radical (unpaired) electrons. The van der Waals surface area contributed by atoms with E-state index in [9.17, 15) is 9.90 Å². The van der Waals surface area contributed by atoms with Crippen LogP contribution < -0.4 is 10.6 Å². The van der Waals surface area contributed by atoms with Crippen molar-refractivity contribution in [2.75, 3.05) is 11.6 Å². The van der Waals surface area contributed by atoms with Crippen LogP contribution in [0.1, 0.15) is 17.2 Å². The molecule has 104 valence electrons. The zero-order chi connectivity index (χ0) is 12.5. The molecule has 0 bridgehead atoms. The lowest BCUT2D eigenvalue weighted by Crippen LogP contribution is -2.45. The third-order valence-electron chi connectivity index (χ3n) is 3.53. The molecule has 4 nitrogen and oxygen atoms in total. The van der Waals surface area contributed by atoms with Crippen LogP contribution >= 0.6 is 24.2 Å². The first-order chi connectivity index (χ1) is 8.75. The molecule has 1 saturated heterocycles. The minimum absolute atomic E-state index is 0. The fraction of sp³-hybridized carbons (Fsp3) is 0.462.